The smallest absolute Gasteiger partial charge is 0.257 e. The first-order valence-electron chi connectivity index (χ1n) is 8.31. The zero-order valence-electron chi connectivity index (χ0n) is 14.0. The van der Waals surface area contributed by atoms with Gasteiger partial charge in [-0.3, -0.25) is 9.89 Å². The third-order valence-electron chi connectivity index (χ3n) is 4.52. The number of carbonyl (C=O) groups excluding carboxylic acids is 1. The van der Waals surface area contributed by atoms with Gasteiger partial charge in [-0.1, -0.05) is 0 Å². The molecule has 2 aliphatic heterocycles. The number of ether oxygens (including phenoxy) is 2. The summed E-state index contributed by atoms with van der Waals surface area (Å²) in [7, 11) is 4.03. The quantitative estimate of drug-likeness (QED) is 0.884. The van der Waals surface area contributed by atoms with Crippen molar-refractivity contribution in [2.24, 2.45) is 0 Å². The summed E-state index contributed by atoms with van der Waals surface area (Å²) in [5.41, 5.74) is 1.68. The molecule has 7 nitrogen and oxygen atoms in total. The number of aromatic amines is 1. The minimum absolute atomic E-state index is 0.0623. The summed E-state index contributed by atoms with van der Waals surface area (Å²) in [6.45, 7) is 4.19. The number of rotatable bonds is 4. The molecule has 1 aromatic rings. The first-order valence-corrected chi connectivity index (χ1v) is 8.31. The van der Waals surface area contributed by atoms with Crippen molar-refractivity contribution in [1.82, 2.24) is 20.0 Å². The Kier molecular flexibility index (Phi) is 5.30. The molecular formula is C16H26N4O3. The van der Waals surface area contributed by atoms with Crippen LogP contribution in [0.4, 0.5) is 0 Å². The molecule has 2 saturated heterocycles. The van der Waals surface area contributed by atoms with E-state index in [4.69, 9.17) is 9.47 Å². The summed E-state index contributed by atoms with van der Waals surface area (Å²) in [4.78, 5) is 16.9. The highest BCUT2D eigenvalue weighted by atomic mass is 16.5. The Hall–Kier alpha value is -1.44. The van der Waals surface area contributed by atoms with E-state index in [0.29, 0.717) is 31.2 Å². The van der Waals surface area contributed by atoms with E-state index in [0.717, 1.165) is 38.3 Å². The van der Waals surface area contributed by atoms with E-state index >= 15 is 0 Å². The molecule has 23 heavy (non-hydrogen) atoms. The van der Waals surface area contributed by atoms with Gasteiger partial charge in [0, 0.05) is 38.8 Å². The number of hydrogen-bond acceptors (Lipinski definition) is 5. The van der Waals surface area contributed by atoms with Gasteiger partial charge in [-0.25, -0.2) is 0 Å². The van der Waals surface area contributed by atoms with Crippen LogP contribution < -0.4 is 0 Å². The van der Waals surface area contributed by atoms with Crippen molar-refractivity contribution in [1.29, 1.82) is 0 Å². The molecule has 1 amide bonds. The summed E-state index contributed by atoms with van der Waals surface area (Å²) in [6, 6.07) is 0. The molecule has 0 radical (unpaired) electrons. The number of carbonyl (C=O) groups is 1. The molecule has 1 unspecified atom stereocenters. The minimum atomic E-state index is 0.0623. The number of morpholine rings is 1. The maximum absolute atomic E-state index is 12.9. The zero-order chi connectivity index (χ0) is 16.2. The topological polar surface area (TPSA) is 70.7 Å². The number of amides is 1. The monoisotopic (exact) mass is 322 g/mol. The van der Waals surface area contributed by atoms with Crippen molar-refractivity contribution in [3.8, 4) is 0 Å². The number of nitrogens with one attached hydrogen (secondary N) is 1. The highest BCUT2D eigenvalue weighted by molar-refractivity contribution is 5.95. The minimum Gasteiger partial charge on any atom is -0.381 e. The zero-order valence-corrected chi connectivity index (χ0v) is 14.0. The largest absolute Gasteiger partial charge is 0.381 e. The van der Waals surface area contributed by atoms with Crippen LogP contribution in [0.1, 0.15) is 34.8 Å². The van der Waals surface area contributed by atoms with E-state index in [-0.39, 0.29) is 12.0 Å². The fourth-order valence-electron chi connectivity index (χ4n) is 3.36. The molecule has 0 bridgehead atoms. The number of aromatic nitrogens is 2. The third kappa shape index (κ3) is 3.91. The highest BCUT2D eigenvalue weighted by Gasteiger charge is 2.30. The summed E-state index contributed by atoms with van der Waals surface area (Å²) in [5, 5.41) is 7.17. The van der Waals surface area contributed by atoms with Crippen LogP contribution in [0.3, 0.4) is 0 Å². The average molecular weight is 322 g/mol. The lowest BCUT2D eigenvalue weighted by Crippen LogP contribution is -2.48. The lowest BCUT2D eigenvalue weighted by molar-refractivity contribution is -0.0307. The number of hydrogen-bond donors (Lipinski definition) is 1. The van der Waals surface area contributed by atoms with Crippen molar-refractivity contribution in [2.45, 2.75) is 24.9 Å². The Morgan fingerprint density at radius 3 is 2.91 bits per heavy atom. The maximum Gasteiger partial charge on any atom is 0.257 e. The van der Waals surface area contributed by atoms with E-state index in [1.165, 1.54) is 0 Å². The van der Waals surface area contributed by atoms with Gasteiger partial charge < -0.3 is 19.3 Å². The third-order valence-corrected chi connectivity index (χ3v) is 4.52. The molecule has 1 atom stereocenters. The van der Waals surface area contributed by atoms with Gasteiger partial charge in [-0.2, -0.15) is 5.10 Å². The van der Waals surface area contributed by atoms with Crippen LogP contribution in [0.15, 0.2) is 6.20 Å². The van der Waals surface area contributed by atoms with Gasteiger partial charge in [0.25, 0.3) is 5.91 Å². The maximum atomic E-state index is 12.9. The molecule has 2 aliphatic rings. The summed E-state index contributed by atoms with van der Waals surface area (Å²) < 4.78 is 11.2. The van der Waals surface area contributed by atoms with E-state index in [1.807, 2.05) is 19.0 Å². The van der Waals surface area contributed by atoms with Crippen LogP contribution >= 0.6 is 0 Å². The first-order chi connectivity index (χ1) is 11.1. The predicted molar refractivity (Wildman–Crippen MR) is 85.6 cm³/mol. The number of nitrogens with zero attached hydrogens (tertiary/aromatic N) is 3. The van der Waals surface area contributed by atoms with Gasteiger partial charge in [-0.05, 0) is 26.9 Å². The molecule has 2 fully saturated rings. The second-order valence-corrected chi connectivity index (χ2v) is 6.59. The van der Waals surface area contributed by atoms with Crippen LogP contribution in [0, 0.1) is 0 Å². The molecule has 1 N–H and O–H groups in total. The molecule has 3 heterocycles. The van der Waals surface area contributed by atoms with Crippen molar-refractivity contribution in [3.05, 3.63) is 17.5 Å². The predicted octanol–water partition coefficient (Wildman–Crippen LogP) is 0.706. The van der Waals surface area contributed by atoms with E-state index in [9.17, 15) is 4.79 Å². The first kappa shape index (κ1) is 16.4. The molecule has 128 valence electrons. The molecule has 0 aromatic carbocycles. The van der Waals surface area contributed by atoms with Crippen LogP contribution in [0.2, 0.25) is 0 Å². The van der Waals surface area contributed by atoms with Crippen molar-refractivity contribution in [3.63, 3.8) is 0 Å². The van der Waals surface area contributed by atoms with E-state index in [2.05, 4.69) is 15.1 Å². The molecular weight excluding hydrogens is 296 g/mol. The second-order valence-electron chi connectivity index (χ2n) is 6.59. The van der Waals surface area contributed by atoms with Gasteiger partial charge in [0.2, 0.25) is 0 Å². The van der Waals surface area contributed by atoms with Crippen LogP contribution in [-0.4, -0.2) is 85.6 Å². The van der Waals surface area contributed by atoms with Crippen LogP contribution in [-0.2, 0) is 9.47 Å². The molecule has 3 rings (SSSR count). The summed E-state index contributed by atoms with van der Waals surface area (Å²) in [6.07, 6.45) is 3.62. The number of likely N-dealkylation sites (N-methyl/N-ethyl adjacent to an activating group) is 1. The summed E-state index contributed by atoms with van der Waals surface area (Å²) in [5.74, 6) is 0.399. The highest BCUT2D eigenvalue weighted by Crippen LogP contribution is 2.28. The Morgan fingerprint density at radius 1 is 1.39 bits per heavy atom. The Morgan fingerprint density at radius 2 is 2.17 bits per heavy atom. The van der Waals surface area contributed by atoms with Gasteiger partial charge in [-0.15, -0.1) is 0 Å². The van der Waals surface area contributed by atoms with Gasteiger partial charge in [0.05, 0.1) is 30.2 Å². The molecule has 7 heteroatoms. The van der Waals surface area contributed by atoms with Crippen molar-refractivity contribution in [2.75, 3.05) is 53.6 Å². The van der Waals surface area contributed by atoms with Crippen LogP contribution in [0.5, 0.6) is 0 Å². The fourth-order valence-corrected chi connectivity index (χ4v) is 3.36. The van der Waals surface area contributed by atoms with Crippen molar-refractivity contribution < 1.29 is 14.3 Å². The van der Waals surface area contributed by atoms with E-state index < -0.39 is 0 Å². The van der Waals surface area contributed by atoms with Crippen LogP contribution in [0.25, 0.3) is 0 Å². The Bertz CT molecular complexity index is 525. The SMILES string of the molecule is CN(C)CC1CN(C(=O)c2cn[nH]c2C2CCOCC2)CCO1. The molecule has 1 aromatic heterocycles. The van der Waals surface area contributed by atoms with Gasteiger partial charge >= 0.3 is 0 Å². The van der Waals surface area contributed by atoms with Gasteiger partial charge in [0.15, 0.2) is 0 Å². The van der Waals surface area contributed by atoms with Crippen molar-refractivity contribution >= 4 is 5.91 Å². The van der Waals surface area contributed by atoms with E-state index in [1.54, 1.807) is 6.20 Å². The molecule has 0 spiro atoms. The Labute approximate surface area is 136 Å². The molecule has 0 aliphatic carbocycles. The lowest BCUT2D eigenvalue weighted by Gasteiger charge is -2.34. The average Bonchev–Trinajstić information content (AvgIpc) is 3.04. The lowest BCUT2D eigenvalue weighted by atomic mass is 9.93. The fraction of sp³-hybridized carbons (Fsp3) is 0.750. The Balaban J connectivity index is 1.69. The second kappa shape index (κ2) is 7.42. The normalized spacial score (nSPS) is 23.4. The standard InChI is InChI=1S/C16H26N4O3/c1-19(2)10-13-11-20(5-8-23-13)16(21)14-9-17-18-15(14)12-3-6-22-7-4-12/h9,12-13H,3-8,10-11H2,1-2H3,(H,17,18). The van der Waals surface area contributed by atoms with Gasteiger partial charge in [0.1, 0.15) is 0 Å². The molecule has 0 saturated carbocycles. The number of H-pyrrole nitrogens is 1. The summed E-state index contributed by atoms with van der Waals surface area (Å²) >= 11 is 0.